The summed E-state index contributed by atoms with van der Waals surface area (Å²) >= 11 is 0. The van der Waals surface area contributed by atoms with E-state index in [0.717, 1.165) is 25.7 Å². The standard InChI is InChI=1S/C9H18N2O2/c10-7-3-1-6(2-4-7)5-8(11)9(12)13/h6-8H,1-5,10-11H2,(H,12,13). The van der Waals surface area contributed by atoms with Crippen LogP contribution in [0.15, 0.2) is 0 Å². The molecule has 0 aromatic rings. The summed E-state index contributed by atoms with van der Waals surface area (Å²) in [6.45, 7) is 0. The third-order valence-electron chi connectivity index (χ3n) is 2.80. The van der Waals surface area contributed by atoms with Crippen LogP contribution in [-0.2, 0) is 4.79 Å². The first-order valence-corrected chi connectivity index (χ1v) is 4.83. The van der Waals surface area contributed by atoms with Crippen LogP contribution in [0.25, 0.3) is 0 Å². The summed E-state index contributed by atoms with van der Waals surface area (Å²) in [6.07, 6.45) is 4.68. The van der Waals surface area contributed by atoms with Gasteiger partial charge in [0.15, 0.2) is 0 Å². The van der Waals surface area contributed by atoms with Crippen molar-refractivity contribution in [1.29, 1.82) is 0 Å². The van der Waals surface area contributed by atoms with E-state index < -0.39 is 12.0 Å². The molecule has 1 rings (SSSR count). The lowest BCUT2D eigenvalue weighted by Gasteiger charge is -2.26. The summed E-state index contributed by atoms with van der Waals surface area (Å²) in [5.74, 6) is -0.430. The van der Waals surface area contributed by atoms with Gasteiger partial charge < -0.3 is 16.6 Å². The molecule has 13 heavy (non-hydrogen) atoms. The molecule has 0 aromatic heterocycles. The van der Waals surface area contributed by atoms with E-state index in [0.29, 0.717) is 18.4 Å². The van der Waals surface area contributed by atoms with Crippen molar-refractivity contribution in [2.24, 2.45) is 17.4 Å². The van der Waals surface area contributed by atoms with E-state index in [-0.39, 0.29) is 0 Å². The van der Waals surface area contributed by atoms with Gasteiger partial charge in [-0.05, 0) is 38.0 Å². The van der Waals surface area contributed by atoms with E-state index in [9.17, 15) is 4.79 Å². The quantitative estimate of drug-likeness (QED) is 0.591. The normalized spacial score (nSPS) is 31.2. The second-order valence-electron chi connectivity index (χ2n) is 3.96. The van der Waals surface area contributed by atoms with Crippen molar-refractivity contribution < 1.29 is 9.90 Å². The number of aliphatic carboxylic acids is 1. The van der Waals surface area contributed by atoms with Crippen LogP contribution < -0.4 is 11.5 Å². The molecular weight excluding hydrogens is 168 g/mol. The molecule has 4 nitrogen and oxygen atoms in total. The van der Waals surface area contributed by atoms with E-state index >= 15 is 0 Å². The second-order valence-corrected chi connectivity index (χ2v) is 3.96. The van der Waals surface area contributed by atoms with Crippen LogP contribution in [0.4, 0.5) is 0 Å². The Hall–Kier alpha value is -0.610. The van der Waals surface area contributed by atoms with Crippen LogP contribution in [-0.4, -0.2) is 23.2 Å². The molecule has 0 saturated heterocycles. The molecule has 1 aliphatic rings. The van der Waals surface area contributed by atoms with Crippen molar-refractivity contribution in [3.63, 3.8) is 0 Å². The van der Waals surface area contributed by atoms with E-state index in [1.54, 1.807) is 0 Å². The maximum atomic E-state index is 10.5. The molecule has 0 bridgehead atoms. The summed E-state index contributed by atoms with van der Waals surface area (Å²) < 4.78 is 0. The second kappa shape index (κ2) is 4.58. The molecular formula is C9H18N2O2. The molecule has 1 aliphatic carbocycles. The highest BCUT2D eigenvalue weighted by Gasteiger charge is 2.23. The molecule has 0 radical (unpaired) electrons. The highest BCUT2D eigenvalue weighted by Crippen LogP contribution is 2.26. The Morgan fingerprint density at radius 2 is 1.92 bits per heavy atom. The molecule has 1 atom stereocenters. The van der Waals surface area contributed by atoms with Gasteiger partial charge in [0.2, 0.25) is 0 Å². The minimum absolute atomic E-state index is 0.317. The predicted molar refractivity (Wildman–Crippen MR) is 50.2 cm³/mol. The Kier molecular flexibility index (Phi) is 3.69. The molecule has 5 N–H and O–H groups in total. The summed E-state index contributed by atoms with van der Waals surface area (Å²) in [5, 5.41) is 8.61. The fourth-order valence-corrected chi connectivity index (χ4v) is 1.88. The lowest BCUT2D eigenvalue weighted by atomic mass is 9.83. The van der Waals surface area contributed by atoms with Gasteiger partial charge in [0.05, 0.1) is 0 Å². The van der Waals surface area contributed by atoms with Crippen LogP contribution in [0.1, 0.15) is 32.1 Å². The number of carboxylic acid groups (broad SMARTS) is 1. The Morgan fingerprint density at radius 1 is 1.38 bits per heavy atom. The minimum atomic E-state index is -0.894. The van der Waals surface area contributed by atoms with Gasteiger partial charge in [-0.2, -0.15) is 0 Å². The lowest BCUT2D eigenvalue weighted by molar-refractivity contribution is -0.139. The van der Waals surface area contributed by atoms with Crippen molar-refractivity contribution in [1.82, 2.24) is 0 Å². The van der Waals surface area contributed by atoms with E-state index in [1.165, 1.54) is 0 Å². The maximum absolute atomic E-state index is 10.5. The molecule has 1 unspecified atom stereocenters. The Labute approximate surface area is 78.3 Å². The van der Waals surface area contributed by atoms with Crippen LogP contribution >= 0.6 is 0 Å². The Balaban J connectivity index is 2.26. The number of carboxylic acids is 1. The Morgan fingerprint density at radius 3 is 2.38 bits per heavy atom. The third kappa shape index (κ3) is 3.32. The summed E-state index contributed by atoms with van der Waals surface area (Å²) in [5.41, 5.74) is 11.2. The first kappa shape index (κ1) is 10.5. The van der Waals surface area contributed by atoms with Gasteiger partial charge in [-0.15, -0.1) is 0 Å². The van der Waals surface area contributed by atoms with Crippen LogP contribution in [0.5, 0.6) is 0 Å². The highest BCUT2D eigenvalue weighted by atomic mass is 16.4. The largest absolute Gasteiger partial charge is 0.480 e. The molecule has 0 heterocycles. The van der Waals surface area contributed by atoms with Crippen molar-refractivity contribution in [3.05, 3.63) is 0 Å². The average Bonchev–Trinajstić information content (AvgIpc) is 2.08. The van der Waals surface area contributed by atoms with Crippen LogP contribution in [0.3, 0.4) is 0 Å². The summed E-state index contributed by atoms with van der Waals surface area (Å²) in [7, 11) is 0. The molecule has 1 saturated carbocycles. The first-order chi connectivity index (χ1) is 6.09. The van der Waals surface area contributed by atoms with E-state index in [1.807, 2.05) is 0 Å². The van der Waals surface area contributed by atoms with Gasteiger partial charge in [0.1, 0.15) is 6.04 Å². The van der Waals surface area contributed by atoms with Crippen molar-refractivity contribution in [2.45, 2.75) is 44.2 Å². The zero-order chi connectivity index (χ0) is 9.84. The van der Waals surface area contributed by atoms with Gasteiger partial charge in [0.25, 0.3) is 0 Å². The maximum Gasteiger partial charge on any atom is 0.320 e. The first-order valence-electron chi connectivity index (χ1n) is 4.83. The Bertz CT molecular complexity index is 176. The fraction of sp³-hybridized carbons (Fsp3) is 0.889. The number of rotatable bonds is 3. The SMILES string of the molecule is NC1CCC(CC(N)C(=O)O)CC1. The monoisotopic (exact) mass is 186 g/mol. The molecule has 0 amide bonds. The molecule has 4 heteroatoms. The molecule has 0 aliphatic heterocycles. The fourth-order valence-electron chi connectivity index (χ4n) is 1.88. The summed E-state index contributed by atoms with van der Waals surface area (Å²) in [4.78, 5) is 10.5. The molecule has 0 spiro atoms. The van der Waals surface area contributed by atoms with Gasteiger partial charge >= 0.3 is 5.97 Å². The highest BCUT2D eigenvalue weighted by molar-refractivity contribution is 5.73. The molecule has 76 valence electrons. The van der Waals surface area contributed by atoms with Gasteiger partial charge in [0, 0.05) is 6.04 Å². The van der Waals surface area contributed by atoms with Gasteiger partial charge in [-0.3, -0.25) is 4.79 Å². The number of hydrogen-bond acceptors (Lipinski definition) is 3. The molecule has 0 aromatic carbocycles. The van der Waals surface area contributed by atoms with Crippen LogP contribution in [0, 0.1) is 5.92 Å². The smallest absolute Gasteiger partial charge is 0.320 e. The zero-order valence-corrected chi connectivity index (χ0v) is 7.78. The summed E-state index contributed by atoms with van der Waals surface area (Å²) in [6, 6.07) is -0.378. The molecule has 1 fully saturated rings. The predicted octanol–water partition coefficient (Wildman–Crippen LogP) is 0.306. The number of hydrogen-bond donors (Lipinski definition) is 3. The zero-order valence-electron chi connectivity index (χ0n) is 7.78. The number of carbonyl (C=O) groups is 1. The van der Waals surface area contributed by atoms with Crippen molar-refractivity contribution >= 4 is 5.97 Å². The minimum Gasteiger partial charge on any atom is -0.480 e. The van der Waals surface area contributed by atoms with E-state index in [2.05, 4.69) is 0 Å². The van der Waals surface area contributed by atoms with Crippen molar-refractivity contribution in [2.75, 3.05) is 0 Å². The van der Waals surface area contributed by atoms with Gasteiger partial charge in [-0.1, -0.05) is 0 Å². The number of nitrogens with two attached hydrogens (primary N) is 2. The van der Waals surface area contributed by atoms with Gasteiger partial charge in [-0.25, -0.2) is 0 Å². The van der Waals surface area contributed by atoms with Crippen molar-refractivity contribution in [3.8, 4) is 0 Å². The average molecular weight is 186 g/mol. The van der Waals surface area contributed by atoms with E-state index in [4.69, 9.17) is 16.6 Å². The lowest BCUT2D eigenvalue weighted by Crippen LogP contribution is -2.35. The topological polar surface area (TPSA) is 89.3 Å². The van der Waals surface area contributed by atoms with Crippen LogP contribution in [0.2, 0.25) is 0 Å². The third-order valence-corrected chi connectivity index (χ3v) is 2.80.